The van der Waals surface area contributed by atoms with E-state index < -0.39 is 0 Å². The van der Waals surface area contributed by atoms with Gasteiger partial charge in [0.2, 0.25) is 0 Å². The average molecular weight is 262 g/mol. The number of pyridine rings is 1. The molecule has 0 aliphatic carbocycles. The van der Waals surface area contributed by atoms with Gasteiger partial charge in [-0.2, -0.15) is 4.99 Å². The summed E-state index contributed by atoms with van der Waals surface area (Å²) in [5.74, 6) is -0.317. The minimum Gasteiger partial charge on any atom is -0.390 e. The Balaban J connectivity index is 2.71. The van der Waals surface area contributed by atoms with Gasteiger partial charge in [0, 0.05) is 31.4 Å². The van der Waals surface area contributed by atoms with E-state index in [1.807, 2.05) is 32.0 Å². The molecule has 2 aromatic rings. The average Bonchev–Trinajstić information content (AvgIpc) is 2.67. The number of rotatable bonds is 2. The van der Waals surface area contributed by atoms with Gasteiger partial charge in [-0.3, -0.25) is 4.79 Å². The molecular formula is C12H14N4OS. The first kappa shape index (κ1) is 12.5. The number of carbonyl (C=O) groups is 1. The van der Waals surface area contributed by atoms with Crippen molar-refractivity contribution in [3.63, 3.8) is 0 Å². The molecule has 0 atom stereocenters. The Morgan fingerprint density at radius 2 is 2.28 bits per heavy atom. The first-order chi connectivity index (χ1) is 8.56. The van der Waals surface area contributed by atoms with Crippen molar-refractivity contribution in [3.05, 3.63) is 22.7 Å². The number of hydrogen-bond donors (Lipinski definition) is 1. The van der Waals surface area contributed by atoms with E-state index in [-0.39, 0.29) is 5.91 Å². The van der Waals surface area contributed by atoms with Crippen molar-refractivity contribution in [2.75, 3.05) is 19.0 Å². The molecule has 2 aromatic heterocycles. The van der Waals surface area contributed by atoms with E-state index in [1.165, 1.54) is 11.3 Å². The molecular weight excluding hydrogens is 248 g/mol. The Kier molecular flexibility index (Phi) is 3.29. The van der Waals surface area contributed by atoms with E-state index in [9.17, 15) is 4.79 Å². The smallest absolute Gasteiger partial charge is 0.288 e. The molecule has 0 bridgehead atoms. The molecule has 0 unspecified atom stereocenters. The summed E-state index contributed by atoms with van der Waals surface area (Å²) >= 11 is 1.35. The number of amides is 1. The zero-order valence-electron chi connectivity index (χ0n) is 10.5. The van der Waals surface area contributed by atoms with Gasteiger partial charge in [-0.25, -0.2) is 4.98 Å². The Hall–Kier alpha value is -1.95. The number of hydrogen-bond acceptors (Lipinski definition) is 4. The molecule has 0 radical (unpaired) electrons. The van der Waals surface area contributed by atoms with Crippen LogP contribution < -0.4 is 10.6 Å². The van der Waals surface area contributed by atoms with Crippen LogP contribution >= 0.6 is 11.3 Å². The van der Waals surface area contributed by atoms with E-state index in [2.05, 4.69) is 9.98 Å². The summed E-state index contributed by atoms with van der Waals surface area (Å²) in [5.41, 5.74) is 7.11. The van der Waals surface area contributed by atoms with Crippen molar-refractivity contribution in [1.82, 2.24) is 4.98 Å². The summed E-state index contributed by atoms with van der Waals surface area (Å²) in [6.07, 6.45) is 2.76. The normalized spacial score (nSPS) is 11.3. The van der Waals surface area contributed by atoms with Gasteiger partial charge in [0.1, 0.15) is 9.71 Å². The maximum atomic E-state index is 11.8. The molecule has 0 aliphatic heterocycles. The van der Waals surface area contributed by atoms with Crippen LogP contribution in [0.3, 0.4) is 0 Å². The first-order valence-electron chi connectivity index (χ1n) is 5.40. The summed E-state index contributed by atoms with van der Waals surface area (Å²) in [5, 5.41) is 1.00. The van der Waals surface area contributed by atoms with Crippen molar-refractivity contribution in [2.45, 2.75) is 6.92 Å². The number of thiophene rings is 1. The number of fused-ring (bicyclic) bond motifs is 1. The Morgan fingerprint density at radius 3 is 2.89 bits per heavy atom. The van der Waals surface area contributed by atoms with Crippen LogP contribution in [0.15, 0.2) is 17.3 Å². The van der Waals surface area contributed by atoms with Crippen molar-refractivity contribution in [3.8, 4) is 0 Å². The number of nitrogens with two attached hydrogens (primary N) is 1. The van der Waals surface area contributed by atoms with Gasteiger partial charge in [-0.15, -0.1) is 11.3 Å². The lowest BCUT2D eigenvalue weighted by Gasteiger charge is -2.13. The van der Waals surface area contributed by atoms with Gasteiger partial charge in [0.05, 0.1) is 6.34 Å². The third-order valence-electron chi connectivity index (χ3n) is 2.68. The van der Waals surface area contributed by atoms with Gasteiger partial charge in [0.15, 0.2) is 0 Å². The summed E-state index contributed by atoms with van der Waals surface area (Å²) in [6, 6.07) is 1.93. The lowest BCUT2D eigenvalue weighted by Crippen LogP contribution is -2.09. The minimum atomic E-state index is -0.317. The van der Waals surface area contributed by atoms with Gasteiger partial charge in [-0.1, -0.05) is 0 Å². The first-order valence-corrected chi connectivity index (χ1v) is 6.22. The van der Waals surface area contributed by atoms with Gasteiger partial charge >= 0.3 is 0 Å². The Bertz CT molecular complexity index is 630. The fourth-order valence-electron chi connectivity index (χ4n) is 1.85. The number of nitrogens with zero attached hydrogens (tertiary/aromatic N) is 3. The van der Waals surface area contributed by atoms with E-state index in [0.29, 0.717) is 4.88 Å². The number of aromatic nitrogens is 1. The molecule has 0 aromatic carbocycles. The van der Waals surface area contributed by atoms with Crippen LogP contribution in [0.5, 0.6) is 0 Å². The molecule has 2 N–H and O–H groups in total. The van der Waals surface area contributed by atoms with Crippen LogP contribution in [0.4, 0.5) is 5.69 Å². The topological polar surface area (TPSA) is 71.6 Å². The highest BCUT2D eigenvalue weighted by Gasteiger charge is 2.18. The summed E-state index contributed by atoms with van der Waals surface area (Å²) < 4.78 is 0. The summed E-state index contributed by atoms with van der Waals surface area (Å²) in [7, 11) is 3.93. The molecule has 0 aliphatic rings. The predicted molar refractivity (Wildman–Crippen MR) is 75.7 cm³/mol. The van der Waals surface area contributed by atoms with Crippen LogP contribution in [0, 0.1) is 6.92 Å². The maximum Gasteiger partial charge on any atom is 0.288 e. The van der Waals surface area contributed by atoms with E-state index in [1.54, 1.807) is 6.20 Å². The zero-order chi connectivity index (χ0) is 13.3. The fourth-order valence-corrected chi connectivity index (χ4v) is 2.91. The van der Waals surface area contributed by atoms with Crippen LogP contribution in [0.2, 0.25) is 0 Å². The molecule has 6 heteroatoms. The third-order valence-corrected chi connectivity index (χ3v) is 3.86. The molecule has 0 fully saturated rings. The number of aliphatic imine (C=N–C) groups is 1. The van der Waals surface area contributed by atoms with Crippen LogP contribution in [-0.2, 0) is 0 Å². The lowest BCUT2D eigenvalue weighted by molar-refractivity contribution is 0.101. The molecule has 18 heavy (non-hydrogen) atoms. The fraction of sp³-hybridized carbons (Fsp3) is 0.250. The molecule has 0 saturated carbocycles. The second-order valence-corrected chi connectivity index (χ2v) is 5.04. The van der Waals surface area contributed by atoms with Crippen LogP contribution in [0.1, 0.15) is 15.2 Å². The van der Waals surface area contributed by atoms with Gasteiger partial charge in [0.25, 0.3) is 5.91 Å². The minimum absolute atomic E-state index is 0.317. The molecule has 1 amide bonds. The molecule has 2 heterocycles. The second-order valence-electron chi connectivity index (χ2n) is 4.04. The van der Waals surface area contributed by atoms with Gasteiger partial charge in [-0.05, 0) is 18.6 Å². The third kappa shape index (κ3) is 1.95. The van der Waals surface area contributed by atoms with Crippen LogP contribution in [0.25, 0.3) is 10.2 Å². The van der Waals surface area contributed by atoms with E-state index in [0.717, 1.165) is 27.8 Å². The zero-order valence-corrected chi connectivity index (χ0v) is 11.3. The molecule has 5 nitrogen and oxygen atoms in total. The summed E-state index contributed by atoms with van der Waals surface area (Å²) in [6.45, 7) is 1.91. The highest BCUT2D eigenvalue weighted by molar-refractivity contribution is 7.20. The van der Waals surface area contributed by atoms with Crippen molar-refractivity contribution < 1.29 is 4.79 Å². The quantitative estimate of drug-likeness (QED) is 0.661. The van der Waals surface area contributed by atoms with E-state index >= 15 is 0 Å². The number of aryl methyl sites for hydroxylation is 1. The van der Waals surface area contributed by atoms with Crippen molar-refractivity contribution in [1.29, 1.82) is 0 Å². The van der Waals surface area contributed by atoms with Crippen LogP contribution in [-0.4, -0.2) is 31.3 Å². The number of carbonyl (C=O) groups excluding carboxylic acids is 1. The SMILES string of the molecule is Cc1c(C(=O)N=CN)sc2nccc(N(C)C)c12. The Morgan fingerprint density at radius 1 is 1.56 bits per heavy atom. The number of anilines is 1. The van der Waals surface area contributed by atoms with Crippen molar-refractivity contribution in [2.24, 2.45) is 10.7 Å². The highest BCUT2D eigenvalue weighted by Crippen LogP contribution is 2.35. The Labute approximate surface area is 109 Å². The standard InChI is InChI=1S/C12H14N4OS/c1-7-9-8(16(2)3)4-5-14-12(9)18-10(7)11(17)15-6-13/h4-6H,1-3H3,(H2,13,15,17). The van der Waals surface area contributed by atoms with Gasteiger partial charge < -0.3 is 10.6 Å². The van der Waals surface area contributed by atoms with Crippen molar-refractivity contribution >= 4 is 39.5 Å². The lowest BCUT2D eigenvalue weighted by atomic mass is 10.1. The molecule has 2 rings (SSSR count). The molecule has 0 saturated heterocycles. The maximum absolute atomic E-state index is 11.8. The largest absolute Gasteiger partial charge is 0.390 e. The molecule has 94 valence electrons. The van der Waals surface area contributed by atoms with E-state index in [4.69, 9.17) is 5.73 Å². The monoisotopic (exact) mass is 262 g/mol. The summed E-state index contributed by atoms with van der Waals surface area (Å²) in [4.78, 5) is 23.2. The molecule has 0 spiro atoms. The predicted octanol–water partition coefficient (Wildman–Crippen LogP) is 1.80. The highest BCUT2D eigenvalue weighted by atomic mass is 32.1. The second kappa shape index (κ2) is 4.73.